The lowest BCUT2D eigenvalue weighted by Gasteiger charge is -2.28. The largest absolute Gasteiger partial charge is 0.484 e. The minimum absolute atomic E-state index is 0.171. The quantitative estimate of drug-likeness (QED) is 0.691. The number of para-hydroxylation sites is 1. The summed E-state index contributed by atoms with van der Waals surface area (Å²) in [5, 5.41) is 3.58. The second kappa shape index (κ2) is 10.3. The molecule has 0 spiro atoms. The van der Waals surface area contributed by atoms with E-state index in [0.717, 1.165) is 11.1 Å². The second-order valence-corrected chi connectivity index (χ2v) is 7.21. The van der Waals surface area contributed by atoms with Crippen LogP contribution >= 0.6 is 23.2 Å². The molecule has 0 radical (unpaired) electrons. The van der Waals surface area contributed by atoms with Crippen molar-refractivity contribution in [2.45, 2.75) is 33.4 Å². The topological polar surface area (TPSA) is 58.6 Å². The van der Waals surface area contributed by atoms with Gasteiger partial charge in [0, 0.05) is 13.1 Å². The molecule has 0 saturated heterocycles. The fourth-order valence-electron chi connectivity index (χ4n) is 2.68. The lowest BCUT2D eigenvalue weighted by Crippen LogP contribution is -2.49. The number of hydrogen-bond donors (Lipinski definition) is 1. The predicted octanol–water partition coefficient (Wildman–Crippen LogP) is 4.23. The third-order valence-corrected chi connectivity index (χ3v) is 5.04. The number of aryl methyl sites for hydroxylation is 1. The van der Waals surface area contributed by atoms with Crippen molar-refractivity contribution in [1.29, 1.82) is 0 Å². The zero-order chi connectivity index (χ0) is 20.7. The maximum absolute atomic E-state index is 12.9. The first kappa shape index (κ1) is 22.1. The van der Waals surface area contributed by atoms with Crippen LogP contribution in [0.4, 0.5) is 0 Å². The number of ether oxygens (including phenoxy) is 1. The Morgan fingerprint density at radius 2 is 1.86 bits per heavy atom. The minimum atomic E-state index is -0.664. The Kier molecular flexibility index (Phi) is 8.15. The van der Waals surface area contributed by atoms with Crippen molar-refractivity contribution in [1.82, 2.24) is 10.2 Å². The number of nitrogens with one attached hydrogen (secondary N) is 1. The number of rotatable bonds is 8. The molecule has 0 bridgehead atoms. The zero-order valence-electron chi connectivity index (χ0n) is 16.2. The van der Waals surface area contributed by atoms with Crippen LogP contribution < -0.4 is 10.1 Å². The van der Waals surface area contributed by atoms with Crippen LogP contribution in [0.3, 0.4) is 0 Å². The third-order valence-electron chi connectivity index (χ3n) is 4.30. The average molecular weight is 423 g/mol. The molecule has 1 N–H and O–H groups in total. The molecule has 1 atom stereocenters. The first-order chi connectivity index (χ1) is 13.3. The predicted molar refractivity (Wildman–Crippen MR) is 112 cm³/mol. The van der Waals surface area contributed by atoms with Gasteiger partial charge in [0.25, 0.3) is 5.91 Å². The van der Waals surface area contributed by atoms with Crippen molar-refractivity contribution in [2.24, 2.45) is 0 Å². The molecule has 0 saturated carbocycles. The Labute approximate surface area is 175 Å². The van der Waals surface area contributed by atoms with Gasteiger partial charge in [-0.15, -0.1) is 0 Å². The number of likely N-dealkylation sites (N-methyl/N-ethyl adjacent to an activating group) is 1. The fraction of sp³-hybridized carbons (Fsp3) is 0.333. The summed E-state index contributed by atoms with van der Waals surface area (Å²) in [6.45, 7) is 5.95. The first-order valence-electron chi connectivity index (χ1n) is 9.03. The van der Waals surface area contributed by atoms with Gasteiger partial charge in [0.2, 0.25) is 5.91 Å². The average Bonchev–Trinajstić information content (AvgIpc) is 2.67. The SMILES string of the molecule is CCNC(=O)[C@H](C)N(Cc1ccc(Cl)c(Cl)c1)C(=O)COc1ccccc1C. The summed E-state index contributed by atoms with van der Waals surface area (Å²) < 4.78 is 5.68. The van der Waals surface area contributed by atoms with Crippen LogP contribution in [0.5, 0.6) is 5.75 Å². The molecule has 0 aliphatic rings. The molecule has 0 aromatic heterocycles. The fourth-order valence-corrected chi connectivity index (χ4v) is 3.00. The zero-order valence-corrected chi connectivity index (χ0v) is 17.7. The maximum Gasteiger partial charge on any atom is 0.261 e. The summed E-state index contributed by atoms with van der Waals surface area (Å²) >= 11 is 12.1. The highest BCUT2D eigenvalue weighted by Crippen LogP contribution is 2.24. The van der Waals surface area contributed by atoms with Crippen molar-refractivity contribution in [3.8, 4) is 5.75 Å². The Bertz CT molecular complexity index is 842. The Morgan fingerprint density at radius 1 is 1.14 bits per heavy atom. The number of carbonyl (C=O) groups excluding carboxylic acids is 2. The number of nitrogens with zero attached hydrogens (tertiary/aromatic N) is 1. The van der Waals surface area contributed by atoms with Crippen molar-refractivity contribution in [2.75, 3.05) is 13.2 Å². The molecule has 28 heavy (non-hydrogen) atoms. The van der Waals surface area contributed by atoms with E-state index >= 15 is 0 Å². The van der Waals surface area contributed by atoms with Crippen molar-refractivity contribution in [3.05, 3.63) is 63.6 Å². The molecule has 2 rings (SSSR count). The molecule has 0 unspecified atom stereocenters. The Hall–Kier alpha value is -2.24. The minimum Gasteiger partial charge on any atom is -0.484 e. The van der Waals surface area contributed by atoms with Crippen LogP contribution in [0, 0.1) is 6.92 Å². The van der Waals surface area contributed by atoms with Crippen LogP contribution in [0.25, 0.3) is 0 Å². The smallest absolute Gasteiger partial charge is 0.261 e. The summed E-state index contributed by atoms with van der Waals surface area (Å²) in [5.74, 6) is 0.107. The van der Waals surface area contributed by atoms with Crippen LogP contribution in [0.1, 0.15) is 25.0 Å². The number of benzene rings is 2. The van der Waals surface area contributed by atoms with Crippen molar-refractivity contribution < 1.29 is 14.3 Å². The normalized spacial score (nSPS) is 11.6. The van der Waals surface area contributed by atoms with Crippen molar-refractivity contribution >= 4 is 35.0 Å². The highest BCUT2D eigenvalue weighted by molar-refractivity contribution is 6.42. The molecule has 2 amide bonds. The van der Waals surface area contributed by atoms with E-state index in [1.807, 2.05) is 32.0 Å². The molecule has 0 aliphatic carbocycles. The maximum atomic E-state index is 12.9. The van der Waals surface area contributed by atoms with Gasteiger partial charge in [0.05, 0.1) is 10.0 Å². The number of hydrogen-bond acceptors (Lipinski definition) is 3. The van der Waals surface area contributed by atoms with E-state index in [1.54, 1.807) is 31.2 Å². The third kappa shape index (κ3) is 5.88. The van der Waals surface area contributed by atoms with E-state index in [-0.39, 0.29) is 25.0 Å². The number of amides is 2. The van der Waals surface area contributed by atoms with E-state index < -0.39 is 6.04 Å². The lowest BCUT2D eigenvalue weighted by molar-refractivity contribution is -0.142. The summed E-state index contributed by atoms with van der Waals surface area (Å²) in [7, 11) is 0. The Morgan fingerprint density at radius 3 is 2.50 bits per heavy atom. The molecule has 7 heteroatoms. The number of carbonyl (C=O) groups is 2. The van der Waals surface area contributed by atoms with Gasteiger partial charge in [-0.3, -0.25) is 9.59 Å². The first-order valence-corrected chi connectivity index (χ1v) is 9.78. The van der Waals surface area contributed by atoms with Gasteiger partial charge in [-0.2, -0.15) is 0 Å². The van der Waals surface area contributed by atoms with Crippen LogP contribution in [-0.2, 0) is 16.1 Å². The molecule has 2 aromatic carbocycles. The molecular formula is C21H24Cl2N2O3. The van der Waals surface area contributed by atoms with Gasteiger partial charge < -0.3 is 15.0 Å². The summed E-state index contributed by atoms with van der Waals surface area (Å²) in [6, 6.07) is 11.9. The second-order valence-electron chi connectivity index (χ2n) is 6.39. The van der Waals surface area contributed by atoms with E-state index in [1.165, 1.54) is 4.90 Å². The van der Waals surface area contributed by atoms with Crippen LogP contribution in [-0.4, -0.2) is 35.9 Å². The van der Waals surface area contributed by atoms with Crippen molar-refractivity contribution in [3.63, 3.8) is 0 Å². The standard InChI is InChI=1S/C21H24Cl2N2O3/c1-4-24-21(27)15(3)25(12-16-9-10-17(22)18(23)11-16)20(26)13-28-19-8-6-5-7-14(19)2/h5-11,15H,4,12-13H2,1-3H3,(H,24,27)/t15-/m0/s1. The van der Waals surface area contributed by atoms with Crippen LogP contribution in [0.15, 0.2) is 42.5 Å². The molecule has 5 nitrogen and oxygen atoms in total. The monoisotopic (exact) mass is 422 g/mol. The van der Waals surface area contributed by atoms with E-state index in [0.29, 0.717) is 22.3 Å². The Balaban J connectivity index is 2.18. The molecule has 0 heterocycles. The highest BCUT2D eigenvalue weighted by Gasteiger charge is 2.26. The van der Waals surface area contributed by atoms with Gasteiger partial charge in [-0.25, -0.2) is 0 Å². The lowest BCUT2D eigenvalue weighted by atomic mass is 10.1. The summed E-state index contributed by atoms with van der Waals surface area (Å²) in [6.07, 6.45) is 0. The molecule has 150 valence electrons. The summed E-state index contributed by atoms with van der Waals surface area (Å²) in [4.78, 5) is 26.7. The molecule has 0 fully saturated rings. The summed E-state index contributed by atoms with van der Waals surface area (Å²) in [5.41, 5.74) is 1.71. The van der Waals surface area contributed by atoms with E-state index in [9.17, 15) is 9.59 Å². The molecule has 2 aromatic rings. The van der Waals surface area contributed by atoms with E-state index in [4.69, 9.17) is 27.9 Å². The van der Waals surface area contributed by atoms with E-state index in [2.05, 4.69) is 5.32 Å². The van der Waals surface area contributed by atoms with Gasteiger partial charge in [0.15, 0.2) is 6.61 Å². The van der Waals surface area contributed by atoms with Gasteiger partial charge >= 0.3 is 0 Å². The number of halogens is 2. The van der Waals surface area contributed by atoms with Gasteiger partial charge in [-0.05, 0) is 50.1 Å². The van der Waals surface area contributed by atoms with Gasteiger partial charge in [0.1, 0.15) is 11.8 Å². The van der Waals surface area contributed by atoms with Crippen LogP contribution in [0.2, 0.25) is 10.0 Å². The molecule has 0 aliphatic heterocycles. The highest BCUT2D eigenvalue weighted by atomic mass is 35.5. The molecular weight excluding hydrogens is 399 g/mol. The van der Waals surface area contributed by atoms with Gasteiger partial charge in [-0.1, -0.05) is 47.5 Å².